The van der Waals surface area contributed by atoms with Crippen LogP contribution in [0.25, 0.3) is 0 Å². The lowest BCUT2D eigenvalue weighted by Crippen LogP contribution is -2.59. The van der Waals surface area contributed by atoms with Gasteiger partial charge in [0, 0.05) is 16.6 Å². The van der Waals surface area contributed by atoms with Gasteiger partial charge < -0.3 is 15.5 Å². The molecule has 2 aliphatic rings. The highest BCUT2D eigenvalue weighted by molar-refractivity contribution is 8.01. The second-order valence-electron chi connectivity index (χ2n) is 8.93. The maximum atomic E-state index is 13.5. The Morgan fingerprint density at radius 2 is 1.79 bits per heavy atom. The van der Waals surface area contributed by atoms with Gasteiger partial charge in [-0.15, -0.1) is 11.8 Å². The molecule has 0 bridgehead atoms. The smallest absolute Gasteiger partial charge is 0.256 e. The molecular weight excluding hydrogens is 422 g/mol. The molecular formula is C22H32ClN3OS2. The monoisotopic (exact) mass is 453 g/mol. The molecule has 3 rings (SSSR count). The average Bonchev–Trinajstić information content (AvgIpc) is 2.93. The predicted octanol–water partition coefficient (Wildman–Crippen LogP) is 5.41. The van der Waals surface area contributed by atoms with E-state index in [0.717, 1.165) is 12.8 Å². The first-order chi connectivity index (χ1) is 13.7. The van der Waals surface area contributed by atoms with E-state index in [1.54, 1.807) is 24.3 Å². The van der Waals surface area contributed by atoms with E-state index in [1.165, 1.54) is 19.3 Å². The summed E-state index contributed by atoms with van der Waals surface area (Å²) in [4.78, 5) is 15.5. The fraction of sp³-hybridized carbons (Fsp3) is 0.636. The number of hydrogen-bond donors (Lipinski definition) is 2. The molecule has 1 saturated heterocycles. The Morgan fingerprint density at radius 3 is 2.38 bits per heavy atom. The van der Waals surface area contributed by atoms with Crippen molar-refractivity contribution in [3.63, 3.8) is 0 Å². The Balaban J connectivity index is 1.81. The quantitative estimate of drug-likeness (QED) is 0.596. The summed E-state index contributed by atoms with van der Waals surface area (Å²) < 4.78 is -0.171. The van der Waals surface area contributed by atoms with E-state index in [4.69, 9.17) is 23.8 Å². The highest BCUT2D eigenvalue weighted by Crippen LogP contribution is 2.46. The molecule has 4 nitrogen and oxygen atoms in total. The van der Waals surface area contributed by atoms with E-state index in [-0.39, 0.29) is 22.2 Å². The van der Waals surface area contributed by atoms with Crippen molar-refractivity contribution in [2.45, 2.75) is 82.1 Å². The molecule has 2 atom stereocenters. The number of carbonyl (C=O) groups excluding carboxylic acids is 1. The van der Waals surface area contributed by atoms with Crippen LogP contribution in [0, 0.1) is 5.92 Å². The van der Waals surface area contributed by atoms with Crippen LogP contribution in [0.15, 0.2) is 24.3 Å². The van der Waals surface area contributed by atoms with Crippen LogP contribution in [0.5, 0.6) is 0 Å². The van der Waals surface area contributed by atoms with Gasteiger partial charge in [0.1, 0.15) is 6.17 Å². The van der Waals surface area contributed by atoms with Gasteiger partial charge in [-0.3, -0.25) is 4.79 Å². The minimum absolute atomic E-state index is 0.0106. The van der Waals surface area contributed by atoms with E-state index < -0.39 is 0 Å². The summed E-state index contributed by atoms with van der Waals surface area (Å²) in [5.41, 5.74) is 0.649. The number of nitrogens with zero attached hydrogens (tertiary/aromatic N) is 1. The largest absolute Gasteiger partial charge is 0.360 e. The van der Waals surface area contributed by atoms with Crippen LogP contribution in [0.2, 0.25) is 5.02 Å². The van der Waals surface area contributed by atoms with E-state index in [9.17, 15) is 4.79 Å². The van der Waals surface area contributed by atoms with Gasteiger partial charge in [-0.05, 0) is 69.1 Å². The Kier molecular flexibility index (Phi) is 7.39. The molecule has 2 unspecified atom stereocenters. The fourth-order valence-electron chi connectivity index (χ4n) is 4.19. The van der Waals surface area contributed by atoms with Crippen molar-refractivity contribution >= 4 is 46.6 Å². The van der Waals surface area contributed by atoms with Crippen molar-refractivity contribution in [1.82, 2.24) is 15.5 Å². The summed E-state index contributed by atoms with van der Waals surface area (Å²) in [6.45, 7) is 8.69. The van der Waals surface area contributed by atoms with Crippen LogP contribution in [-0.4, -0.2) is 38.2 Å². The number of nitrogens with one attached hydrogen (secondary N) is 2. The molecule has 2 fully saturated rings. The minimum atomic E-state index is -0.188. The first-order valence-corrected chi connectivity index (χ1v) is 12.2. The van der Waals surface area contributed by atoms with Crippen molar-refractivity contribution in [2.75, 3.05) is 0 Å². The second-order valence-corrected chi connectivity index (χ2v) is 11.5. The van der Waals surface area contributed by atoms with E-state index in [2.05, 4.69) is 38.3 Å². The highest BCUT2D eigenvalue weighted by Gasteiger charge is 2.51. The number of carbonyl (C=O) groups is 1. The number of thioether (sulfide) groups is 1. The number of hydrogen-bond acceptors (Lipinski definition) is 3. The Hall–Kier alpha value is -0.980. The maximum Gasteiger partial charge on any atom is 0.256 e. The van der Waals surface area contributed by atoms with Crippen molar-refractivity contribution in [3.05, 3.63) is 34.9 Å². The molecule has 160 valence electrons. The molecule has 1 heterocycles. The summed E-state index contributed by atoms with van der Waals surface area (Å²) in [6.07, 6.45) is 5.94. The molecule has 1 aromatic rings. The number of halogens is 1. The number of amides is 1. The van der Waals surface area contributed by atoms with Crippen LogP contribution in [-0.2, 0) is 0 Å². The molecule has 1 aliphatic heterocycles. The fourth-order valence-corrected chi connectivity index (χ4v) is 6.12. The van der Waals surface area contributed by atoms with Crippen molar-refractivity contribution in [3.8, 4) is 0 Å². The van der Waals surface area contributed by atoms with Crippen molar-refractivity contribution < 1.29 is 4.79 Å². The van der Waals surface area contributed by atoms with Gasteiger partial charge in [0.2, 0.25) is 0 Å². The zero-order chi connectivity index (χ0) is 21.2. The van der Waals surface area contributed by atoms with Crippen LogP contribution < -0.4 is 10.6 Å². The Bertz CT molecular complexity index is 732. The zero-order valence-corrected chi connectivity index (χ0v) is 20.1. The number of thiocarbonyl (C=S) groups is 1. The van der Waals surface area contributed by atoms with Crippen molar-refractivity contribution in [2.24, 2.45) is 5.92 Å². The van der Waals surface area contributed by atoms with E-state index in [1.807, 2.05) is 16.7 Å². The van der Waals surface area contributed by atoms with Crippen LogP contribution >= 0.6 is 35.6 Å². The van der Waals surface area contributed by atoms with Gasteiger partial charge in [0.25, 0.3) is 5.91 Å². The van der Waals surface area contributed by atoms with E-state index >= 15 is 0 Å². The number of rotatable bonds is 4. The predicted molar refractivity (Wildman–Crippen MR) is 127 cm³/mol. The summed E-state index contributed by atoms with van der Waals surface area (Å²) >= 11 is 13.5. The highest BCUT2D eigenvalue weighted by atomic mass is 35.5. The average molecular weight is 454 g/mol. The Morgan fingerprint density at radius 1 is 1.17 bits per heavy atom. The molecule has 1 saturated carbocycles. The summed E-state index contributed by atoms with van der Waals surface area (Å²) in [7, 11) is 0. The first kappa shape index (κ1) is 22.7. The van der Waals surface area contributed by atoms with Gasteiger partial charge in [-0.2, -0.15) is 0 Å². The summed E-state index contributed by atoms with van der Waals surface area (Å²) in [5.74, 6) is 0.332. The van der Waals surface area contributed by atoms with Gasteiger partial charge in [-0.25, -0.2) is 0 Å². The standard InChI is InChI=1S/C22H32ClN3OS2/c1-14(2)19-26(18(27)15-10-12-16(23)13-11-15)20(22(3,4)29-19)25-21(28)24-17-8-6-5-7-9-17/h10-14,17,19-20H,5-9H2,1-4H3,(H2,24,25,28). The third kappa shape index (κ3) is 5.39. The first-order valence-electron chi connectivity index (χ1n) is 10.5. The third-order valence-electron chi connectivity index (χ3n) is 5.74. The lowest BCUT2D eigenvalue weighted by Gasteiger charge is -2.36. The summed E-state index contributed by atoms with van der Waals surface area (Å²) in [6, 6.07) is 7.57. The molecule has 0 radical (unpaired) electrons. The molecule has 0 aromatic heterocycles. The van der Waals surface area contributed by atoms with E-state index in [0.29, 0.717) is 27.7 Å². The van der Waals surface area contributed by atoms with Crippen molar-refractivity contribution in [1.29, 1.82) is 0 Å². The number of benzene rings is 1. The molecule has 0 spiro atoms. The SMILES string of the molecule is CC(C)C1SC(C)(C)C(NC(=S)NC2CCCCC2)N1C(=O)c1ccc(Cl)cc1. The van der Waals surface area contributed by atoms with Gasteiger partial charge in [0.05, 0.1) is 10.1 Å². The minimum Gasteiger partial charge on any atom is -0.360 e. The summed E-state index contributed by atoms with van der Waals surface area (Å²) in [5, 5.41) is 8.33. The molecule has 2 N–H and O–H groups in total. The second kappa shape index (κ2) is 9.44. The zero-order valence-electron chi connectivity index (χ0n) is 17.7. The molecule has 1 amide bonds. The van der Waals surface area contributed by atoms with Gasteiger partial charge in [-0.1, -0.05) is 44.7 Å². The molecule has 7 heteroatoms. The molecule has 1 aromatic carbocycles. The van der Waals surface area contributed by atoms with Gasteiger partial charge in [0.15, 0.2) is 5.11 Å². The lowest BCUT2D eigenvalue weighted by molar-refractivity contribution is 0.0603. The Labute approximate surface area is 189 Å². The third-order valence-corrected chi connectivity index (χ3v) is 8.07. The van der Waals surface area contributed by atoms with Crippen LogP contribution in [0.3, 0.4) is 0 Å². The van der Waals surface area contributed by atoms with Crippen LogP contribution in [0.1, 0.15) is 70.2 Å². The maximum absolute atomic E-state index is 13.5. The normalized spacial score (nSPS) is 24.6. The van der Waals surface area contributed by atoms with Gasteiger partial charge >= 0.3 is 0 Å². The van der Waals surface area contributed by atoms with Crippen LogP contribution in [0.4, 0.5) is 0 Å². The topological polar surface area (TPSA) is 44.4 Å². The molecule has 1 aliphatic carbocycles. The lowest BCUT2D eigenvalue weighted by atomic mass is 9.96. The molecule has 29 heavy (non-hydrogen) atoms.